The Morgan fingerprint density at radius 3 is 2.69 bits per heavy atom. The SMILES string of the molecule is Nc1ccc(-c2ccc3ncn(CCc4c[nH]c5ccccc45)c(=O)c3c2)cn1. The molecule has 5 rings (SSSR count). The van der Waals surface area contributed by atoms with Crippen molar-refractivity contribution in [3.8, 4) is 11.1 Å². The zero-order valence-corrected chi connectivity index (χ0v) is 15.7. The van der Waals surface area contributed by atoms with Crippen molar-refractivity contribution < 1.29 is 0 Å². The minimum absolute atomic E-state index is 0.0416. The van der Waals surface area contributed by atoms with Crippen LogP contribution in [0.15, 0.2) is 78.1 Å². The first-order valence-electron chi connectivity index (χ1n) is 9.45. The minimum atomic E-state index is -0.0416. The Hall–Kier alpha value is -3.93. The number of H-pyrrole nitrogens is 1. The van der Waals surface area contributed by atoms with Crippen molar-refractivity contribution in [1.29, 1.82) is 0 Å². The number of para-hydroxylation sites is 1. The summed E-state index contributed by atoms with van der Waals surface area (Å²) in [5.74, 6) is 0.468. The van der Waals surface area contributed by atoms with Crippen LogP contribution in [-0.2, 0) is 13.0 Å². The molecule has 5 aromatic rings. The highest BCUT2D eigenvalue weighted by Crippen LogP contribution is 2.22. The molecule has 0 bridgehead atoms. The van der Waals surface area contributed by atoms with Crippen molar-refractivity contribution in [1.82, 2.24) is 19.5 Å². The van der Waals surface area contributed by atoms with Crippen LogP contribution >= 0.6 is 0 Å². The summed E-state index contributed by atoms with van der Waals surface area (Å²) in [4.78, 5) is 25.0. The van der Waals surface area contributed by atoms with Crippen molar-refractivity contribution >= 4 is 27.6 Å². The van der Waals surface area contributed by atoms with Crippen molar-refractivity contribution in [3.05, 3.63) is 89.2 Å². The molecule has 6 nitrogen and oxygen atoms in total. The highest BCUT2D eigenvalue weighted by atomic mass is 16.1. The summed E-state index contributed by atoms with van der Waals surface area (Å²) in [5, 5.41) is 1.79. The molecule has 0 aliphatic carbocycles. The maximum absolute atomic E-state index is 13.1. The number of benzene rings is 2. The number of aromatic amines is 1. The number of nitrogens with one attached hydrogen (secondary N) is 1. The van der Waals surface area contributed by atoms with Crippen LogP contribution in [0, 0.1) is 0 Å². The van der Waals surface area contributed by atoms with Crippen LogP contribution in [0.25, 0.3) is 32.9 Å². The van der Waals surface area contributed by atoms with Gasteiger partial charge in [-0.2, -0.15) is 0 Å². The van der Waals surface area contributed by atoms with Crippen LogP contribution < -0.4 is 11.3 Å². The number of nitrogen functional groups attached to an aromatic ring is 1. The molecule has 0 aliphatic heterocycles. The summed E-state index contributed by atoms with van der Waals surface area (Å²) in [6.45, 7) is 0.567. The number of pyridine rings is 1. The first-order chi connectivity index (χ1) is 14.2. The van der Waals surface area contributed by atoms with Crippen molar-refractivity contribution in [2.75, 3.05) is 5.73 Å². The van der Waals surface area contributed by atoms with Gasteiger partial charge in [0.15, 0.2) is 0 Å². The van der Waals surface area contributed by atoms with Gasteiger partial charge in [-0.15, -0.1) is 0 Å². The molecule has 0 saturated heterocycles. The van der Waals surface area contributed by atoms with Crippen LogP contribution in [0.5, 0.6) is 0 Å². The molecule has 0 fully saturated rings. The highest BCUT2D eigenvalue weighted by Gasteiger charge is 2.09. The zero-order chi connectivity index (χ0) is 19.8. The number of hydrogen-bond acceptors (Lipinski definition) is 4. The fraction of sp³-hybridized carbons (Fsp3) is 0.0870. The minimum Gasteiger partial charge on any atom is -0.384 e. The van der Waals surface area contributed by atoms with Gasteiger partial charge in [-0.3, -0.25) is 9.36 Å². The van der Waals surface area contributed by atoms with E-state index in [9.17, 15) is 4.79 Å². The molecule has 29 heavy (non-hydrogen) atoms. The van der Waals surface area contributed by atoms with Crippen LogP contribution in [0.1, 0.15) is 5.56 Å². The summed E-state index contributed by atoms with van der Waals surface area (Å²) in [6.07, 6.45) is 6.10. The highest BCUT2D eigenvalue weighted by molar-refractivity contribution is 5.84. The quantitative estimate of drug-likeness (QED) is 0.496. The number of anilines is 1. The average Bonchev–Trinajstić information content (AvgIpc) is 3.17. The number of hydrogen-bond donors (Lipinski definition) is 2. The Bertz CT molecular complexity index is 1380. The van der Waals surface area contributed by atoms with Gasteiger partial charge in [0.05, 0.1) is 17.2 Å². The third-order valence-corrected chi connectivity index (χ3v) is 5.24. The average molecular weight is 381 g/mol. The molecule has 142 valence electrons. The topological polar surface area (TPSA) is 89.6 Å². The predicted octanol–water partition coefficient (Wildman–Crippen LogP) is 3.76. The molecule has 3 aromatic heterocycles. The van der Waals surface area contributed by atoms with Crippen LogP contribution in [-0.4, -0.2) is 19.5 Å². The van der Waals surface area contributed by atoms with Gasteiger partial charge in [0.25, 0.3) is 5.56 Å². The van der Waals surface area contributed by atoms with Gasteiger partial charge in [-0.1, -0.05) is 24.3 Å². The Labute approximate surface area is 166 Å². The van der Waals surface area contributed by atoms with Gasteiger partial charge in [0, 0.05) is 35.4 Å². The number of rotatable bonds is 4. The number of nitrogens with two attached hydrogens (primary N) is 1. The zero-order valence-electron chi connectivity index (χ0n) is 15.7. The molecule has 0 spiro atoms. The second kappa shape index (κ2) is 6.91. The third-order valence-electron chi connectivity index (χ3n) is 5.24. The van der Waals surface area contributed by atoms with E-state index in [2.05, 4.69) is 27.1 Å². The number of fused-ring (bicyclic) bond motifs is 2. The Morgan fingerprint density at radius 2 is 1.83 bits per heavy atom. The molecule has 0 amide bonds. The van der Waals surface area contributed by atoms with Gasteiger partial charge in [0.2, 0.25) is 0 Å². The Balaban J connectivity index is 1.49. The summed E-state index contributed by atoms with van der Waals surface area (Å²) in [6, 6.07) is 17.5. The van der Waals surface area contributed by atoms with Crippen LogP contribution in [0.2, 0.25) is 0 Å². The first-order valence-corrected chi connectivity index (χ1v) is 9.45. The maximum atomic E-state index is 13.1. The van der Waals surface area contributed by atoms with E-state index < -0.39 is 0 Å². The fourth-order valence-electron chi connectivity index (χ4n) is 3.65. The van der Waals surface area contributed by atoms with E-state index in [1.807, 2.05) is 42.6 Å². The van der Waals surface area contributed by atoms with Gasteiger partial charge >= 0.3 is 0 Å². The van der Waals surface area contributed by atoms with E-state index in [4.69, 9.17) is 5.73 Å². The summed E-state index contributed by atoms with van der Waals surface area (Å²) in [5.41, 5.74) is 10.4. The first kappa shape index (κ1) is 17.2. The number of nitrogens with zero attached hydrogens (tertiary/aromatic N) is 3. The molecular formula is C23H19N5O. The second-order valence-corrected chi connectivity index (χ2v) is 7.06. The number of aryl methyl sites for hydroxylation is 2. The molecule has 0 atom stereocenters. The van der Waals surface area contributed by atoms with E-state index in [1.165, 1.54) is 10.9 Å². The largest absolute Gasteiger partial charge is 0.384 e. The summed E-state index contributed by atoms with van der Waals surface area (Å²) >= 11 is 0. The normalized spacial score (nSPS) is 11.3. The van der Waals surface area contributed by atoms with E-state index in [-0.39, 0.29) is 5.56 Å². The van der Waals surface area contributed by atoms with E-state index in [1.54, 1.807) is 23.2 Å². The lowest BCUT2D eigenvalue weighted by atomic mass is 10.1. The smallest absolute Gasteiger partial charge is 0.261 e. The molecule has 6 heteroatoms. The predicted molar refractivity (Wildman–Crippen MR) is 116 cm³/mol. The standard InChI is InChI=1S/C23H19N5O/c24-22-8-6-16(12-26-22)15-5-7-21-19(11-15)23(29)28(14-27-21)10-9-17-13-25-20-4-2-1-3-18(17)20/h1-8,11-14,25H,9-10H2,(H2,24,26). The molecular weight excluding hydrogens is 362 g/mol. The van der Waals surface area contributed by atoms with Crippen molar-refractivity contribution in [2.45, 2.75) is 13.0 Å². The lowest BCUT2D eigenvalue weighted by Gasteiger charge is -2.08. The van der Waals surface area contributed by atoms with Gasteiger partial charge in [0.1, 0.15) is 5.82 Å². The number of aromatic nitrogens is 4. The third kappa shape index (κ3) is 3.14. The fourth-order valence-corrected chi connectivity index (χ4v) is 3.65. The molecule has 0 aliphatic rings. The monoisotopic (exact) mass is 381 g/mol. The van der Waals surface area contributed by atoms with E-state index >= 15 is 0 Å². The molecule has 0 radical (unpaired) electrons. The lowest BCUT2D eigenvalue weighted by molar-refractivity contribution is 0.664. The summed E-state index contributed by atoms with van der Waals surface area (Å²) in [7, 11) is 0. The molecule has 3 heterocycles. The van der Waals surface area contributed by atoms with Crippen molar-refractivity contribution in [3.63, 3.8) is 0 Å². The summed E-state index contributed by atoms with van der Waals surface area (Å²) < 4.78 is 1.68. The second-order valence-electron chi connectivity index (χ2n) is 7.06. The van der Waals surface area contributed by atoms with Crippen LogP contribution in [0.3, 0.4) is 0 Å². The van der Waals surface area contributed by atoms with Gasteiger partial charge in [-0.25, -0.2) is 9.97 Å². The maximum Gasteiger partial charge on any atom is 0.261 e. The van der Waals surface area contributed by atoms with Crippen molar-refractivity contribution in [2.24, 2.45) is 0 Å². The lowest BCUT2D eigenvalue weighted by Crippen LogP contribution is -2.21. The molecule has 2 aromatic carbocycles. The molecule has 0 saturated carbocycles. The van der Waals surface area contributed by atoms with E-state index in [0.29, 0.717) is 23.3 Å². The van der Waals surface area contributed by atoms with Gasteiger partial charge in [-0.05, 0) is 47.9 Å². The van der Waals surface area contributed by atoms with Crippen LogP contribution in [0.4, 0.5) is 5.82 Å². The Kier molecular flexibility index (Phi) is 4.09. The van der Waals surface area contributed by atoms with Gasteiger partial charge < -0.3 is 10.7 Å². The Morgan fingerprint density at radius 1 is 0.966 bits per heavy atom. The van der Waals surface area contributed by atoms with E-state index in [0.717, 1.165) is 23.1 Å². The molecule has 0 unspecified atom stereocenters. The molecule has 3 N–H and O–H groups in total.